The summed E-state index contributed by atoms with van der Waals surface area (Å²) in [5.41, 5.74) is 7.39. The smallest absolute Gasteiger partial charge is 0.179 e. The van der Waals surface area contributed by atoms with Crippen LogP contribution in [0.25, 0.3) is 54.6 Å². The Hall–Kier alpha value is -7.46. The van der Waals surface area contributed by atoms with Gasteiger partial charge < -0.3 is 9.32 Å². The van der Waals surface area contributed by atoms with Gasteiger partial charge in [0.15, 0.2) is 8.07 Å². The Morgan fingerprint density at radius 1 is 0.305 bits per heavy atom. The molecule has 0 atom stereocenters. The molecule has 10 aromatic carbocycles. The summed E-state index contributed by atoms with van der Waals surface area (Å²) >= 11 is 0. The van der Waals surface area contributed by atoms with Crippen LogP contribution in [0.3, 0.4) is 0 Å². The van der Waals surface area contributed by atoms with Gasteiger partial charge in [0.2, 0.25) is 0 Å². The van der Waals surface area contributed by atoms with Gasteiger partial charge in [-0.05, 0) is 96.6 Å². The Bertz CT molecular complexity index is 3230. The van der Waals surface area contributed by atoms with Gasteiger partial charge in [-0.25, -0.2) is 0 Å². The quantitative estimate of drug-likeness (QED) is 0.113. The fraction of sp³-hybridized carbons (Fsp3) is 0. The Kier molecular flexibility index (Phi) is 8.53. The van der Waals surface area contributed by atoms with E-state index in [1.807, 2.05) is 6.07 Å². The molecule has 0 bridgehead atoms. The van der Waals surface area contributed by atoms with Crippen molar-refractivity contribution in [3.63, 3.8) is 0 Å². The zero-order chi connectivity index (χ0) is 39.2. The van der Waals surface area contributed by atoms with Gasteiger partial charge in [-0.3, -0.25) is 0 Å². The van der Waals surface area contributed by atoms with Gasteiger partial charge in [-0.15, -0.1) is 0 Å². The van der Waals surface area contributed by atoms with Crippen molar-refractivity contribution < 1.29 is 4.42 Å². The standard InChI is InChI=1S/C56H39NOSi/c1-4-15-40(16-5-1)43-19-14-20-46(37-43)57(47-30-27-42-29-36-53-52-25-12-13-26-55(52)58-56(53)54(42)39-47)45-31-34-50(35-32-45)59(48-21-6-2-7-22-48,49-23-8-3-9-24-49)51-33-28-41-17-10-11-18-44(41)38-51/h1-39H. The molecule has 0 amide bonds. The minimum absolute atomic E-state index is 0.902. The molecule has 0 N–H and O–H groups in total. The van der Waals surface area contributed by atoms with Crippen LogP contribution >= 0.6 is 0 Å². The second-order valence-electron chi connectivity index (χ2n) is 15.3. The molecule has 2 nitrogen and oxygen atoms in total. The van der Waals surface area contributed by atoms with Crippen LogP contribution in [0, 0.1) is 0 Å². The maximum atomic E-state index is 6.58. The maximum Gasteiger partial charge on any atom is 0.179 e. The van der Waals surface area contributed by atoms with Crippen LogP contribution in [-0.4, -0.2) is 8.07 Å². The summed E-state index contributed by atoms with van der Waals surface area (Å²) in [7, 11) is -2.80. The highest BCUT2D eigenvalue weighted by Crippen LogP contribution is 2.40. The lowest BCUT2D eigenvalue weighted by atomic mass is 10.0. The van der Waals surface area contributed by atoms with Crippen LogP contribution in [-0.2, 0) is 0 Å². The first-order valence-electron chi connectivity index (χ1n) is 20.2. The molecular formula is C56H39NOSi. The Morgan fingerprint density at radius 2 is 0.864 bits per heavy atom. The van der Waals surface area contributed by atoms with Gasteiger partial charge >= 0.3 is 0 Å². The number of furan rings is 1. The van der Waals surface area contributed by atoms with Crippen molar-refractivity contribution in [3.8, 4) is 11.1 Å². The third-order valence-corrected chi connectivity index (χ3v) is 16.7. The monoisotopic (exact) mass is 769 g/mol. The predicted molar refractivity (Wildman–Crippen MR) is 252 cm³/mol. The van der Waals surface area contributed by atoms with E-state index in [0.717, 1.165) is 49.8 Å². The van der Waals surface area contributed by atoms with E-state index in [0.29, 0.717) is 0 Å². The zero-order valence-corrected chi connectivity index (χ0v) is 33.4. The first-order chi connectivity index (χ1) is 29.2. The van der Waals surface area contributed by atoms with Gasteiger partial charge in [0.1, 0.15) is 11.2 Å². The summed E-state index contributed by atoms with van der Waals surface area (Å²) in [5, 5.41) is 12.4. The lowest BCUT2D eigenvalue weighted by Crippen LogP contribution is -2.74. The van der Waals surface area contributed by atoms with Crippen LogP contribution in [0.5, 0.6) is 0 Å². The summed E-state index contributed by atoms with van der Waals surface area (Å²) in [6.45, 7) is 0. The molecule has 0 aliphatic rings. The number of para-hydroxylation sites is 1. The first kappa shape index (κ1) is 34.8. The van der Waals surface area contributed by atoms with Crippen molar-refractivity contribution in [1.29, 1.82) is 0 Å². The number of hydrogen-bond donors (Lipinski definition) is 0. The fourth-order valence-corrected chi connectivity index (χ4v) is 13.9. The molecule has 0 spiro atoms. The summed E-state index contributed by atoms with van der Waals surface area (Å²) in [6, 6.07) is 86.6. The zero-order valence-electron chi connectivity index (χ0n) is 32.4. The molecule has 0 fully saturated rings. The largest absolute Gasteiger partial charge is 0.455 e. The molecule has 11 aromatic rings. The lowest BCUT2D eigenvalue weighted by Gasteiger charge is -2.35. The Labute approximate surface area is 344 Å². The van der Waals surface area contributed by atoms with Gasteiger partial charge in [-0.2, -0.15) is 0 Å². The summed E-state index contributed by atoms with van der Waals surface area (Å²) in [6.07, 6.45) is 0. The molecule has 3 heteroatoms. The summed E-state index contributed by atoms with van der Waals surface area (Å²) < 4.78 is 6.58. The third-order valence-electron chi connectivity index (χ3n) is 12.0. The van der Waals surface area contributed by atoms with E-state index in [-0.39, 0.29) is 0 Å². The number of anilines is 3. The molecule has 0 aliphatic heterocycles. The fourth-order valence-electron chi connectivity index (χ4n) is 9.19. The first-order valence-corrected chi connectivity index (χ1v) is 22.2. The van der Waals surface area contributed by atoms with E-state index in [4.69, 9.17) is 4.42 Å². The van der Waals surface area contributed by atoms with E-state index < -0.39 is 8.07 Å². The molecule has 11 rings (SSSR count). The molecule has 1 heterocycles. The number of nitrogens with zero attached hydrogens (tertiary/aromatic N) is 1. The van der Waals surface area contributed by atoms with Gasteiger partial charge in [0, 0.05) is 33.2 Å². The SMILES string of the molecule is c1ccc(-c2cccc(N(c3ccc([Si](c4ccccc4)(c4ccccc4)c4ccc5ccccc5c4)cc3)c3ccc4ccc5c6ccccc6oc5c4c3)c2)cc1. The van der Waals surface area contributed by atoms with Crippen molar-refractivity contribution >= 4 is 89.4 Å². The van der Waals surface area contributed by atoms with Crippen LogP contribution in [0.15, 0.2) is 241 Å². The van der Waals surface area contributed by atoms with Crippen molar-refractivity contribution in [2.45, 2.75) is 0 Å². The van der Waals surface area contributed by atoms with Gasteiger partial charge in [-0.1, -0.05) is 188 Å². The molecule has 0 saturated heterocycles. The molecular weight excluding hydrogens is 731 g/mol. The highest BCUT2D eigenvalue weighted by Gasteiger charge is 2.41. The van der Waals surface area contributed by atoms with Crippen LogP contribution in [0.1, 0.15) is 0 Å². The second kappa shape index (κ2) is 14.5. The Balaban J connectivity index is 1.13. The highest BCUT2D eigenvalue weighted by atomic mass is 28.3. The molecule has 0 unspecified atom stereocenters. The molecule has 0 aliphatic carbocycles. The lowest BCUT2D eigenvalue weighted by molar-refractivity contribution is 0.672. The summed E-state index contributed by atoms with van der Waals surface area (Å²) in [5.74, 6) is 0. The summed E-state index contributed by atoms with van der Waals surface area (Å²) in [4.78, 5) is 2.39. The van der Waals surface area contributed by atoms with Crippen molar-refractivity contribution in [1.82, 2.24) is 0 Å². The van der Waals surface area contributed by atoms with Crippen molar-refractivity contribution in [2.24, 2.45) is 0 Å². The van der Waals surface area contributed by atoms with Crippen molar-refractivity contribution in [2.75, 3.05) is 4.90 Å². The van der Waals surface area contributed by atoms with Crippen molar-refractivity contribution in [3.05, 3.63) is 237 Å². The van der Waals surface area contributed by atoms with E-state index in [2.05, 4.69) is 235 Å². The number of hydrogen-bond acceptors (Lipinski definition) is 2. The minimum atomic E-state index is -2.80. The van der Waals surface area contributed by atoms with E-state index in [1.165, 1.54) is 42.6 Å². The van der Waals surface area contributed by atoms with Gasteiger partial charge in [0.05, 0.1) is 0 Å². The van der Waals surface area contributed by atoms with E-state index >= 15 is 0 Å². The number of benzene rings is 10. The van der Waals surface area contributed by atoms with Crippen LogP contribution < -0.4 is 25.6 Å². The average molecular weight is 770 g/mol. The van der Waals surface area contributed by atoms with Crippen LogP contribution in [0.2, 0.25) is 0 Å². The maximum absolute atomic E-state index is 6.58. The molecule has 278 valence electrons. The second-order valence-corrected chi connectivity index (χ2v) is 19.1. The molecule has 59 heavy (non-hydrogen) atoms. The average Bonchev–Trinajstić information content (AvgIpc) is 3.70. The van der Waals surface area contributed by atoms with Gasteiger partial charge in [0.25, 0.3) is 0 Å². The number of fused-ring (bicyclic) bond motifs is 6. The predicted octanol–water partition coefficient (Wildman–Crippen LogP) is 12.4. The minimum Gasteiger partial charge on any atom is -0.455 e. The normalized spacial score (nSPS) is 11.7. The third kappa shape index (κ3) is 5.94. The van der Waals surface area contributed by atoms with E-state index in [1.54, 1.807) is 0 Å². The molecule has 0 radical (unpaired) electrons. The molecule has 1 aromatic heterocycles. The number of rotatable bonds is 8. The molecule has 0 saturated carbocycles. The Morgan fingerprint density at radius 3 is 1.63 bits per heavy atom. The van der Waals surface area contributed by atoms with Crippen LogP contribution in [0.4, 0.5) is 17.1 Å². The topological polar surface area (TPSA) is 16.4 Å². The van der Waals surface area contributed by atoms with E-state index in [9.17, 15) is 0 Å². The highest BCUT2D eigenvalue weighted by molar-refractivity contribution is 7.20.